The standard InChI is InChI=1S/C22H26N2O5S/c1-13(2)15-9-7-8-10-17(15)23-22(25)21-14(3)16-11-19(28-5)20(29-6)12-18(16)24(4)30(21,26)27/h7-13H,1-6H3,(H,23,25). The Hall–Kier alpha value is -3.00. The van der Waals surface area contributed by atoms with Gasteiger partial charge < -0.3 is 14.8 Å². The van der Waals surface area contributed by atoms with Gasteiger partial charge >= 0.3 is 0 Å². The van der Waals surface area contributed by atoms with E-state index < -0.39 is 15.9 Å². The molecular formula is C22H26N2O5S. The van der Waals surface area contributed by atoms with Crippen LogP contribution in [0.2, 0.25) is 0 Å². The normalized spacial score (nSPS) is 15.1. The Morgan fingerprint density at radius 2 is 1.67 bits per heavy atom. The Morgan fingerprint density at radius 3 is 2.27 bits per heavy atom. The number of nitrogens with zero attached hydrogens (tertiary/aromatic N) is 1. The molecule has 0 unspecified atom stereocenters. The molecule has 0 radical (unpaired) electrons. The van der Waals surface area contributed by atoms with Crippen molar-refractivity contribution in [3.63, 3.8) is 0 Å². The summed E-state index contributed by atoms with van der Waals surface area (Å²) >= 11 is 0. The van der Waals surface area contributed by atoms with Crippen molar-refractivity contribution < 1.29 is 22.7 Å². The fourth-order valence-electron chi connectivity index (χ4n) is 3.59. The first-order chi connectivity index (χ1) is 14.1. The topological polar surface area (TPSA) is 84.9 Å². The summed E-state index contributed by atoms with van der Waals surface area (Å²) < 4.78 is 38.2. The van der Waals surface area contributed by atoms with Crippen LogP contribution in [0.5, 0.6) is 11.5 Å². The zero-order valence-electron chi connectivity index (χ0n) is 17.9. The molecule has 30 heavy (non-hydrogen) atoms. The van der Waals surface area contributed by atoms with Gasteiger partial charge in [0.1, 0.15) is 0 Å². The summed E-state index contributed by atoms with van der Waals surface area (Å²) in [5, 5.41) is 2.79. The number of anilines is 2. The van der Waals surface area contributed by atoms with E-state index in [1.54, 1.807) is 31.2 Å². The van der Waals surface area contributed by atoms with Crippen molar-refractivity contribution in [2.24, 2.45) is 0 Å². The number of sulfonamides is 1. The van der Waals surface area contributed by atoms with Crippen LogP contribution in [-0.4, -0.2) is 35.6 Å². The summed E-state index contributed by atoms with van der Waals surface area (Å²) in [4.78, 5) is 12.9. The van der Waals surface area contributed by atoms with Crippen molar-refractivity contribution >= 4 is 32.9 Å². The average molecular weight is 431 g/mol. The molecule has 0 atom stereocenters. The molecule has 1 aliphatic heterocycles. The molecule has 2 aromatic carbocycles. The molecule has 0 saturated carbocycles. The van der Waals surface area contributed by atoms with Crippen molar-refractivity contribution in [3.05, 3.63) is 52.4 Å². The zero-order valence-corrected chi connectivity index (χ0v) is 18.8. The van der Waals surface area contributed by atoms with Crippen LogP contribution >= 0.6 is 0 Å². The smallest absolute Gasteiger partial charge is 0.269 e. The first kappa shape index (κ1) is 21.7. The lowest BCUT2D eigenvalue weighted by atomic mass is 10.0. The van der Waals surface area contributed by atoms with Crippen molar-refractivity contribution in [2.45, 2.75) is 26.7 Å². The molecule has 1 heterocycles. The molecule has 1 amide bonds. The summed E-state index contributed by atoms with van der Waals surface area (Å²) in [6.07, 6.45) is 0. The maximum Gasteiger partial charge on any atom is 0.269 e. The Kier molecular flexibility index (Phi) is 5.81. The highest BCUT2D eigenvalue weighted by atomic mass is 32.2. The molecule has 7 nitrogen and oxygen atoms in total. The van der Waals surface area contributed by atoms with Gasteiger partial charge in [0, 0.05) is 24.4 Å². The van der Waals surface area contributed by atoms with Crippen LogP contribution in [0.1, 0.15) is 37.8 Å². The van der Waals surface area contributed by atoms with Crippen LogP contribution in [0.3, 0.4) is 0 Å². The van der Waals surface area contributed by atoms with Crippen LogP contribution in [0.15, 0.2) is 41.3 Å². The van der Waals surface area contributed by atoms with Gasteiger partial charge in [-0.2, -0.15) is 0 Å². The number of amides is 1. The molecular weight excluding hydrogens is 404 g/mol. The van der Waals surface area contributed by atoms with Crippen LogP contribution in [0.4, 0.5) is 11.4 Å². The Balaban J connectivity index is 2.15. The second-order valence-corrected chi connectivity index (χ2v) is 9.25. The minimum absolute atomic E-state index is 0.166. The summed E-state index contributed by atoms with van der Waals surface area (Å²) in [5.41, 5.74) is 2.88. The number of ether oxygens (including phenoxy) is 2. The monoisotopic (exact) mass is 430 g/mol. The molecule has 8 heteroatoms. The largest absolute Gasteiger partial charge is 0.493 e. The predicted octanol–water partition coefficient (Wildman–Crippen LogP) is 3.98. The lowest BCUT2D eigenvalue weighted by Gasteiger charge is -2.30. The van der Waals surface area contributed by atoms with E-state index in [0.29, 0.717) is 34.0 Å². The Morgan fingerprint density at radius 1 is 1.07 bits per heavy atom. The number of benzene rings is 2. The number of nitrogens with one attached hydrogen (secondary N) is 1. The van der Waals surface area contributed by atoms with E-state index in [0.717, 1.165) is 9.87 Å². The van der Waals surface area contributed by atoms with E-state index in [-0.39, 0.29) is 10.8 Å². The number of hydrogen-bond donors (Lipinski definition) is 1. The van der Waals surface area contributed by atoms with Crippen LogP contribution < -0.4 is 19.1 Å². The van der Waals surface area contributed by atoms with E-state index in [2.05, 4.69) is 5.32 Å². The molecule has 1 N–H and O–H groups in total. The second-order valence-electron chi connectivity index (χ2n) is 7.35. The van der Waals surface area contributed by atoms with Crippen LogP contribution in [0, 0.1) is 0 Å². The van der Waals surface area contributed by atoms with E-state index in [9.17, 15) is 13.2 Å². The summed E-state index contributed by atoms with van der Waals surface area (Å²) in [6, 6.07) is 10.6. The second kappa shape index (κ2) is 8.02. The molecule has 0 saturated heterocycles. The fourth-order valence-corrected chi connectivity index (χ4v) is 5.06. The van der Waals surface area contributed by atoms with E-state index in [1.807, 2.05) is 26.0 Å². The average Bonchev–Trinajstić information content (AvgIpc) is 2.71. The third-order valence-corrected chi connectivity index (χ3v) is 7.17. The molecule has 160 valence electrons. The van der Waals surface area contributed by atoms with Gasteiger partial charge in [0.05, 0.1) is 19.9 Å². The minimum Gasteiger partial charge on any atom is -0.493 e. The van der Waals surface area contributed by atoms with Crippen LogP contribution in [0.25, 0.3) is 5.57 Å². The van der Waals surface area contributed by atoms with Gasteiger partial charge in [-0.1, -0.05) is 32.0 Å². The fraction of sp³-hybridized carbons (Fsp3) is 0.318. The lowest BCUT2D eigenvalue weighted by Crippen LogP contribution is -2.36. The highest BCUT2D eigenvalue weighted by Crippen LogP contribution is 2.44. The third-order valence-electron chi connectivity index (χ3n) is 5.24. The number of allylic oxidation sites excluding steroid dienone is 1. The van der Waals surface area contributed by atoms with Gasteiger partial charge in [-0.15, -0.1) is 0 Å². The van der Waals surface area contributed by atoms with E-state index >= 15 is 0 Å². The molecule has 0 bridgehead atoms. The highest BCUT2D eigenvalue weighted by molar-refractivity contribution is 7.97. The summed E-state index contributed by atoms with van der Waals surface area (Å²) in [7, 11) is 0.346. The number of carbonyl (C=O) groups excluding carboxylic acids is 1. The highest BCUT2D eigenvalue weighted by Gasteiger charge is 2.38. The first-order valence-corrected chi connectivity index (χ1v) is 10.9. The summed E-state index contributed by atoms with van der Waals surface area (Å²) in [6.45, 7) is 5.64. The number of fused-ring (bicyclic) bond motifs is 1. The third kappa shape index (κ3) is 3.52. The minimum atomic E-state index is -4.06. The van der Waals surface area contributed by atoms with Gasteiger partial charge in [-0.3, -0.25) is 9.10 Å². The zero-order chi connectivity index (χ0) is 22.2. The number of hydrogen-bond acceptors (Lipinski definition) is 5. The molecule has 2 aromatic rings. The molecule has 1 aliphatic rings. The van der Waals surface area contributed by atoms with Crippen molar-refractivity contribution in [3.8, 4) is 11.5 Å². The molecule has 0 aliphatic carbocycles. The molecule has 3 rings (SSSR count). The lowest BCUT2D eigenvalue weighted by molar-refractivity contribution is -0.112. The molecule has 0 spiro atoms. The number of para-hydroxylation sites is 1. The first-order valence-electron chi connectivity index (χ1n) is 9.50. The SMILES string of the molecule is COc1cc2c(cc1OC)N(C)S(=O)(=O)C(C(=O)Nc1ccccc1C(C)C)=C2C. The Bertz CT molecular complexity index is 1140. The van der Waals surface area contributed by atoms with Gasteiger partial charge in [-0.25, -0.2) is 8.42 Å². The summed E-state index contributed by atoms with van der Waals surface area (Å²) in [5.74, 6) is 0.352. The maximum atomic E-state index is 13.2. The van der Waals surface area contributed by atoms with E-state index in [1.165, 1.54) is 21.3 Å². The molecule has 0 aromatic heterocycles. The van der Waals surface area contributed by atoms with Gasteiger partial charge in [0.25, 0.3) is 15.9 Å². The van der Waals surface area contributed by atoms with Crippen molar-refractivity contribution in [2.75, 3.05) is 30.9 Å². The Labute approximate surface area is 177 Å². The van der Waals surface area contributed by atoms with Gasteiger partial charge in [0.15, 0.2) is 16.4 Å². The number of rotatable bonds is 5. The van der Waals surface area contributed by atoms with E-state index in [4.69, 9.17) is 9.47 Å². The van der Waals surface area contributed by atoms with Gasteiger partial charge in [0.2, 0.25) is 0 Å². The van der Waals surface area contributed by atoms with Crippen LogP contribution in [-0.2, 0) is 14.8 Å². The van der Waals surface area contributed by atoms with Gasteiger partial charge in [-0.05, 0) is 36.1 Å². The maximum absolute atomic E-state index is 13.2. The quantitative estimate of drug-likeness (QED) is 0.776. The number of carbonyl (C=O) groups is 1. The van der Waals surface area contributed by atoms with Crippen molar-refractivity contribution in [1.29, 1.82) is 0 Å². The number of methoxy groups -OCH3 is 2. The predicted molar refractivity (Wildman–Crippen MR) is 119 cm³/mol. The van der Waals surface area contributed by atoms with Crippen molar-refractivity contribution in [1.82, 2.24) is 0 Å². The molecule has 0 fully saturated rings.